The lowest BCUT2D eigenvalue weighted by Gasteiger charge is -2.16. The van der Waals surface area contributed by atoms with Crippen LogP contribution in [0.2, 0.25) is 0 Å². The molecule has 3 aromatic heterocycles. The minimum atomic E-state index is -0.166. The van der Waals surface area contributed by atoms with Gasteiger partial charge in [-0.15, -0.1) is 0 Å². The smallest absolute Gasteiger partial charge is 0.159 e. The zero-order valence-corrected chi connectivity index (χ0v) is 15.5. The monoisotopic (exact) mass is 371 g/mol. The van der Waals surface area contributed by atoms with Crippen LogP contribution in [0, 0.1) is 18.3 Å². The second-order valence-corrected chi connectivity index (χ2v) is 6.95. The molecule has 3 heterocycles. The van der Waals surface area contributed by atoms with Gasteiger partial charge in [-0.2, -0.15) is 15.5 Å². The number of hydrogen-bond donors (Lipinski definition) is 0. The molecule has 5 rings (SSSR count). The van der Waals surface area contributed by atoms with E-state index < -0.39 is 0 Å². The van der Waals surface area contributed by atoms with E-state index in [9.17, 15) is 0 Å². The highest BCUT2D eigenvalue weighted by Crippen LogP contribution is 2.35. The Balaban J connectivity index is 1.52. The summed E-state index contributed by atoms with van der Waals surface area (Å²) in [6.45, 7) is 2.02. The number of hydrogen-bond acceptors (Lipinski definition) is 6. The van der Waals surface area contributed by atoms with Crippen LogP contribution in [0.1, 0.15) is 35.2 Å². The van der Waals surface area contributed by atoms with Crippen molar-refractivity contribution in [3.05, 3.63) is 59.6 Å². The first-order valence-electron chi connectivity index (χ1n) is 9.02. The van der Waals surface area contributed by atoms with E-state index in [1.807, 2.05) is 43.2 Å². The Kier molecular flexibility index (Phi) is 3.62. The van der Waals surface area contributed by atoms with E-state index in [4.69, 9.17) is 10.00 Å². The van der Waals surface area contributed by atoms with Gasteiger partial charge in [0.25, 0.3) is 0 Å². The zero-order chi connectivity index (χ0) is 19.3. The quantitative estimate of drug-likeness (QED) is 0.550. The van der Waals surface area contributed by atoms with E-state index >= 15 is 0 Å². The van der Waals surface area contributed by atoms with Gasteiger partial charge in [0.05, 0.1) is 36.0 Å². The lowest BCUT2D eigenvalue weighted by atomic mass is 10.1. The number of aryl methyl sites for hydroxylation is 3. The summed E-state index contributed by atoms with van der Waals surface area (Å²) in [7, 11) is 1.88. The van der Waals surface area contributed by atoms with Crippen LogP contribution in [0.15, 0.2) is 36.9 Å². The van der Waals surface area contributed by atoms with Gasteiger partial charge in [-0.3, -0.25) is 9.67 Å². The molecule has 1 aromatic carbocycles. The average Bonchev–Trinajstić information content (AvgIpc) is 3.40. The van der Waals surface area contributed by atoms with Crippen molar-refractivity contribution in [3.63, 3.8) is 0 Å². The van der Waals surface area contributed by atoms with Crippen molar-refractivity contribution in [2.45, 2.75) is 25.9 Å². The third-order valence-corrected chi connectivity index (χ3v) is 5.01. The molecule has 4 aromatic rings. The molecule has 0 unspecified atom stereocenters. The second-order valence-electron chi connectivity index (χ2n) is 6.95. The summed E-state index contributed by atoms with van der Waals surface area (Å²) in [5.74, 6) is 0.794. The topological polar surface area (TPSA) is 94.4 Å². The maximum absolute atomic E-state index is 9.01. The normalized spacial score (nSPS) is 15.5. The van der Waals surface area contributed by atoms with Crippen molar-refractivity contribution in [3.8, 4) is 17.5 Å². The number of aromatic nitrogens is 6. The average molecular weight is 371 g/mol. The summed E-state index contributed by atoms with van der Waals surface area (Å²) in [6.07, 6.45) is 8.44. The van der Waals surface area contributed by atoms with Crippen molar-refractivity contribution in [1.29, 1.82) is 5.26 Å². The summed E-state index contributed by atoms with van der Waals surface area (Å²) in [4.78, 5) is 8.78. The Morgan fingerprint density at radius 1 is 1.21 bits per heavy atom. The highest BCUT2D eigenvalue weighted by atomic mass is 16.5. The molecule has 28 heavy (non-hydrogen) atoms. The third kappa shape index (κ3) is 2.60. The van der Waals surface area contributed by atoms with Crippen molar-refractivity contribution >= 4 is 10.9 Å². The maximum atomic E-state index is 9.01. The van der Waals surface area contributed by atoms with Gasteiger partial charge in [0.2, 0.25) is 0 Å². The van der Waals surface area contributed by atoms with Crippen LogP contribution in [0.3, 0.4) is 0 Å². The minimum Gasteiger partial charge on any atom is -0.484 e. The van der Waals surface area contributed by atoms with E-state index in [1.165, 1.54) is 6.20 Å². The molecule has 0 aliphatic heterocycles. The van der Waals surface area contributed by atoms with Crippen molar-refractivity contribution in [2.75, 3.05) is 0 Å². The Labute approximate surface area is 161 Å². The fourth-order valence-corrected chi connectivity index (χ4v) is 3.64. The predicted molar refractivity (Wildman–Crippen MR) is 101 cm³/mol. The minimum absolute atomic E-state index is 0.166. The molecule has 0 fully saturated rings. The molecule has 1 aliphatic rings. The van der Waals surface area contributed by atoms with Gasteiger partial charge in [-0.05, 0) is 31.4 Å². The molecule has 8 heteroatoms. The Morgan fingerprint density at radius 2 is 2.11 bits per heavy atom. The number of nitriles is 1. The van der Waals surface area contributed by atoms with Gasteiger partial charge in [0.15, 0.2) is 5.69 Å². The summed E-state index contributed by atoms with van der Waals surface area (Å²) in [6, 6.07) is 6.13. The van der Waals surface area contributed by atoms with Crippen molar-refractivity contribution in [2.24, 2.45) is 7.05 Å². The summed E-state index contributed by atoms with van der Waals surface area (Å²) >= 11 is 0. The Morgan fingerprint density at radius 3 is 2.89 bits per heavy atom. The Hall–Kier alpha value is -3.73. The predicted octanol–water partition coefficient (Wildman–Crippen LogP) is 2.80. The van der Waals surface area contributed by atoms with Gasteiger partial charge < -0.3 is 4.74 Å². The highest BCUT2D eigenvalue weighted by molar-refractivity contribution is 5.83. The van der Waals surface area contributed by atoms with Crippen LogP contribution >= 0.6 is 0 Å². The van der Waals surface area contributed by atoms with Crippen molar-refractivity contribution < 1.29 is 4.74 Å². The van der Waals surface area contributed by atoms with Gasteiger partial charge >= 0.3 is 0 Å². The van der Waals surface area contributed by atoms with Gasteiger partial charge in [-0.1, -0.05) is 0 Å². The molecule has 8 nitrogen and oxygen atoms in total. The van der Waals surface area contributed by atoms with Crippen LogP contribution < -0.4 is 4.74 Å². The highest BCUT2D eigenvalue weighted by Gasteiger charge is 2.28. The molecule has 0 radical (unpaired) electrons. The standard InChI is InChI=1S/C20H17N7O/c1-12-5-13-8-24-27(15-10-23-26(2)11-15)17(13)6-19(12)28-18-4-3-16-20(18)22-9-14(7-21)25-16/h5-6,8-11,18H,3-4H2,1-2H3/t18-/m1/s1. The van der Waals surface area contributed by atoms with Gasteiger partial charge in [0, 0.05) is 18.5 Å². The van der Waals surface area contributed by atoms with Crippen LogP contribution in [-0.4, -0.2) is 29.5 Å². The molecule has 1 aliphatic carbocycles. The number of nitrogens with zero attached hydrogens (tertiary/aromatic N) is 7. The molecular weight excluding hydrogens is 354 g/mol. The molecule has 0 N–H and O–H groups in total. The molecule has 0 amide bonds. The Bertz CT molecular complexity index is 1250. The fourth-order valence-electron chi connectivity index (χ4n) is 3.64. The van der Waals surface area contributed by atoms with Crippen LogP contribution in [0.4, 0.5) is 0 Å². The van der Waals surface area contributed by atoms with E-state index in [2.05, 4.69) is 26.2 Å². The van der Waals surface area contributed by atoms with Crippen LogP contribution in [-0.2, 0) is 13.5 Å². The first-order chi connectivity index (χ1) is 13.6. The number of benzene rings is 1. The molecule has 1 atom stereocenters. The molecule has 0 saturated carbocycles. The maximum Gasteiger partial charge on any atom is 0.159 e. The fraction of sp³-hybridized carbons (Fsp3) is 0.250. The van der Waals surface area contributed by atoms with Gasteiger partial charge in [-0.25, -0.2) is 9.67 Å². The number of rotatable bonds is 3. The lowest BCUT2D eigenvalue weighted by molar-refractivity contribution is 0.202. The van der Waals surface area contributed by atoms with E-state index in [0.29, 0.717) is 5.69 Å². The van der Waals surface area contributed by atoms with E-state index in [-0.39, 0.29) is 6.10 Å². The first kappa shape index (κ1) is 16.4. The zero-order valence-electron chi connectivity index (χ0n) is 15.5. The molecule has 0 saturated heterocycles. The largest absolute Gasteiger partial charge is 0.484 e. The third-order valence-electron chi connectivity index (χ3n) is 5.01. The van der Waals surface area contributed by atoms with Crippen molar-refractivity contribution in [1.82, 2.24) is 29.5 Å². The summed E-state index contributed by atoms with van der Waals surface area (Å²) < 4.78 is 9.94. The summed E-state index contributed by atoms with van der Waals surface area (Å²) in [5, 5.41) is 18.8. The van der Waals surface area contributed by atoms with Crippen LogP contribution in [0.5, 0.6) is 5.75 Å². The molecule has 138 valence electrons. The van der Waals surface area contributed by atoms with E-state index in [1.54, 1.807) is 10.9 Å². The molecular formula is C20H17N7O. The summed E-state index contributed by atoms with van der Waals surface area (Å²) in [5.41, 5.74) is 4.90. The van der Waals surface area contributed by atoms with Crippen LogP contribution in [0.25, 0.3) is 16.6 Å². The number of ether oxygens (including phenoxy) is 1. The molecule has 0 spiro atoms. The molecule has 0 bridgehead atoms. The second kappa shape index (κ2) is 6.16. The van der Waals surface area contributed by atoms with Gasteiger partial charge in [0.1, 0.15) is 29.3 Å². The SMILES string of the molecule is Cc1cc2cnn(-c3cnn(C)c3)c2cc1O[C@@H]1CCc2nc(C#N)cnc21. The lowest BCUT2D eigenvalue weighted by Crippen LogP contribution is -2.07. The first-order valence-corrected chi connectivity index (χ1v) is 9.02. The van der Waals surface area contributed by atoms with E-state index in [0.717, 1.165) is 52.1 Å². The number of fused-ring (bicyclic) bond motifs is 2.